The summed E-state index contributed by atoms with van der Waals surface area (Å²) < 4.78 is 8.48. The Hall–Kier alpha value is 1.46. The van der Waals surface area contributed by atoms with Gasteiger partial charge in [-0.2, -0.15) is 0 Å². The minimum absolute atomic E-state index is 0.985. The molecule has 0 aliphatic heterocycles. The van der Waals surface area contributed by atoms with Crippen LogP contribution in [0.1, 0.15) is 65.2 Å². The normalized spacial score (nSPS) is 9.52. The fraction of sp³-hybridized carbons (Fsp3) is 1.00. The molecule has 0 heterocycles. The third kappa shape index (κ3) is 38.9. The maximum atomic E-state index is 8.48. The average Bonchev–Trinajstić information content (AvgIpc) is 2.44. The van der Waals surface area contributed by atoms with E-state index in [1.54, 1.807) is 0 Å². The summed E-state index contributed by atoms with van der Waals surface area (Å²) in [5.41, 5.74) is 0. The molecule has 0 rings (SSSR count). The van der Waals surface area contributed by atoms with Gasteiger partial charge in [0.2, 0.25) is 0 Å². The summed E-state index contributed by atoms with van der Waals surface area (Å²) in [6.07, 6.45) is 10.9. The Morgan fingerprint density at radius 2 is 1.14 bits per heavy atom. The summed E-state index contributed by atoms with van der Waals surface area (Å²) in [6, 6.07) is 0. The average molecular weight is 516 g/mol. The Morgan fingerprint density at radius 3 is 1.43 bits per heavy atom. The standard InChI is InChI=1S/C9H19Br.C5H10Br2.HO3P/c1-3-9(4-2)7-5-6-8-10;6-4-2-1-3-5-7;1-4(2)3/h9H,3-8H2,1-2H3;1-5H2;(H,1,2,3)/p-1. The van der Waals surface area contributed by atoms with E-state index in [1.807, 2.05) is 0 Å². The van der Waals surface area contributed by atoms with Crippen LogP contribution in [-0.4, -0.2) is 16.0 Å². The molecule has 21 heavy (non-hydrogen) atoms. The number of rotatable bonds is 10. The highest BCUT2D eigenvalue weighted by atomic mass is 79.9. The summed E-state index contributed by atoms with van der Waals surface area (Å²) >= 11 is 10.2. The zero-order valence-corrected chi connectivity index (χ0v) is 18.8. The smallest absolute Gasteiger partial charge is 0.276 e. The van der Waals surface area contributed by atoms with Crippen molar-refractivity contribution in [1.82, 2.24) is 0 Å². The molecule has 0 spiro atoms. The molecule has 0 saturated heterocycles. The van der Waals surface area contributed by atoms with Gasteiger partial charge in [-0.1, -0.05) is 98.3 Å². The van der Waals surface area contributed by atoms with E-state index in [0.29, 0.717) is 0 Å². The molecule has 0 aromatic rings. The van der Waals surface area contributed by atoms with Crippen LogP contribution in [-0.2, 0) is 4.57 Å². The molecule has 0 saturated carbocycles. The van der Waals surface area contributed by atoms with Crippen molar-refractivity contribution in [3.63, 3.8) is 0 Å². The van der Waals surface area contributed by atoms with E-state index >= 15 is 0 Å². The summed E-state index contributed by atoms with van der Waals surface area (Å²) in [5, 5.41) is 3.48. The number of hydrogen-bond acceptors (Lipinski definition) is 3. The van der Waals surface area contributed by atoms with Gasteiger partial charge in [-0.15, -0.1) is 0 Å². The number of unbranched alkanes of at least 4 members (excludes halogenated alkanes) is 3. The van der Waals surface area contributed by atoms with E-state index in [4.69, 9.17) is 14.4 Å². The van der Waals surface area contributed by atoms with Crippen molar-refractivity contribution in [2.24, 2.45) is 5.92 Å². The quantitative estimate of drug-likeness (QED) is 0.225. The highest BCUT2D eigenvalue weighted by Gasteiger charge is 2.01. The zero-order valence-electron chi connectivity index (χ0n) is 13.2. The first kappa shape index (κ1) is 27.3. The first-order valence-electron chi connectivity index (χ1n) is 7.49. The van der Waals surface area contributed by atoms with Crippen molar-refractivity contribution in [1.29, 1.82) is 0 Å². The van der Waals surface area contributed by atoms with Crippen LogP contribution < -0.4 is 9.79 Å². The van der Waals surface area contributed by atoms with Crippen molar-refractivity contribution in [3.8, 4) is 0 Å². The molecule has 0 N–H and O–H groups in total. The molecule has 130 valence electrons. The van der Waals surface area contributed by atoms with Gasteiger partial charge in [-0.3, -0.25) is 0 Å². The molecule has 0 aliphatic carbocycles. The molecule has 0 amide bonds. The van der Waals surface area contributed by atoms with Crippen LogP contribution in [0.25, 0.3) is 0 Å². The second-order valence-electron chi connectivity index (χ2n) is 4.53. The lowest BCUT2D eigenvalue weighted by atomic mass is 9.97. The molecule has 3 nitrogen and oxygen atoms in total. The second-order valence-corrected chi connectivity index (χ2v) is 7.36. The van der Waals surface area contributed by atoms with E-state index in [1.165, 1.54) is 56.7 Å². The Balaban J connectivity index is -0.000000256. The number of halogens is 3. The van der Waals surface area contributed by atoms with Gasteiger partial charge in [0.1, 0.15) is 0 Å². The maximum absolute atomic E-state index is 8.48. The lowest BCUT2D eigenvalue weighted by molar-refractivity contribution is -0.297. The SMILES string of the molecule is BrCCCCCBr.CCC(CC)CCCCBr.O=[P+]([O-])[O-]. The maximum Gasteiger partial charge on any atom is 0.276 e. The molecule has 0 fully saturated rings. The van der Waals surface area contributed by atoms with Crippen LogP contribution in [0.15, 0.2) is 0 Å². The molecule has 0 atom stereocenters. The summed E-state index contributed by atoms with van der Waals surface area (Å²) in [4.78, 5) is 17.0. The summed E-state index contributed by atoms with van der Waals surface area (Å²) in [7, 11) is -3.37. The molecule has 0 aliphatic rings. The Bertz CT molecular complexity index is 186. The monoisotopic (exact) mass is 513 g/mol. The fourth-order valence-electron chi connectivity index (χ4n) is 1.59. The van der Waals surface area contributed by atoms with Gasteiger partial charge in [-0.25, -0.2) is 0 Å². The molecule has 0 aromatic heterocycles. The molecule has 0 unspecified atom stereocenters. The number of hydrogen-bond donors (Lipinski definition) is 0. The van der Waals surface area contributed by atoms with E-state index < -0.39 is 8.25 Å². The minimum Gasteiger partial charge on any atom is -0.598 e. The van der Waals surface area contributed by atoms with Crippen molar-refractivity contribution >= 4 is 56.0 Å². The minimum atomic E-state index is -3.37. The van der Waals surface area contributed by atoms with Crippen LogP contribution in [0.2, 0.25) is 0 Å². The zero-order chi connectivity index (χ0) is 16.9. The highest BCUT2D eigenvalue weighted by Crippen LogP contribution is 2.15. The van der Waals surface area contributed by atoms with Gasteiger partial charge in [0.15, 0.2) is 0 Å². The lowest BCUT2D eigenvalue weighted by Crippen LogP contribution is -1.97. The van der Waals surface area contributed by atoms with Gasteiger partial charge in [0.05, 0.1) is 0 Å². The molecule has 0 bridgehead atoms. The van der Waals surface area contributed by atoms with Crippen molar-refractivity contribution < 1.29 is 14.4 Å². The lowest BCUT2D eigenvalue weighted by Gasteiger charge is -2.10. The molecular weight excluding hydrogens is 487 g/mol. The molecular formula is C14H29Br3O3P-. The van der Waals surface area contributed by atoms with Crippen LogP contribution in [0.3, 0.4) is 0 Å². The van der Waals surface area contributed by atoms with Gasteiger partial charge in [0, 0.05) is 16.0 Å². The van der Waals surface area contributed by atoms with Gasteiger partial charge < -0.3 is 9.79 Å². The van der Waals surface area contributed by atoms with Gasteiger partial charge >= 0.3 is 0 Å². The third-order valence-corrected chi connectivity index (χ3v) is 4.60. The molecule has 0 aromatic carbocycles. The van der Waals surface area contributed by atoms with Crippen molar-refractivity contribution in [2.45, 2.75) is 65.2 Å². The van der Waals surface area contributed by atoms with Crippen LogP contribution in [0.5, 0.6) is 0 Å². The van der Waals surface area contributed by atoms with Crippen LogP contribution in [0, 0.1) is 5.92 Å². The first-order chi connectivity index (χ1) is 9.99. The summed E-state index contributed by atoms with van der Waals surface area (Å²) in [5.74, 6) is 0.985. The van der Waals surface area contributed by atoms with Crippen molar-refractivity contribution in [2.75, 3.05) is 16.0 Å². The van der Waals surface area contributed by atoms with Crippen molar-refractivity contribution in [3.05, 3.63) is 0 Å². The van der Waals surface area contributed by atoms with E-state index in [2.05, 4.69) is 61.6 Å². The topological polar surface area (TPSA) is 63.2 Å². The van der Waals surface area contributed by atoms with Gasteiger partial charge in [0.25, 0.3) is 8.25 Å². The Morgan fingerprint density at radius 1 is 0.810 bits per heavy atom. The van der Waals surface area contributed by atoms with E-state index in [-0.39, 0.29) is 0 Å². The Labute approximate surface area is 157 Å². The fourth-order valence-corrected chi connectivity index (χ4v) is 2.78. The predicted octanol–water partition coefficient (Wildman–Crippen LogP) is 5.30. The highest BCUT2D eigenvalue weighted by molar-refractivity contribution is 9.09. The van der Waals surface area contributed by atoms with E-state index in [0.717, 1.165) is 16.6 Å². The van der Waals surface area contributed by atoms with E-state index in [9.17, 15) is 0 Å². The third-order valence-electron chi connectivity index (χ3n) is 2.92. The Kier molecular flexibility index (Phi) is 34.3. The largest absolute Gasteiger partial charge is 0.598 e. The van der Waals surface area contributed by atoms with Crippen LogP contribution in [0.4, 0.5) is 0 Å². The van der Waals surface area contributed by atoms with Gasteiger partial charge in [-0.05, 0) is 25.2 Å². The molecule has 0 radical (unpaired) electrons. The first-order valence-corrected chi connectivity index (χ1v) is 11.9. The second kappa shape index (κ2) is 26.4. The number of alkyl halides is 3. The predicted molar refractivity (Wildman–Crippen MR) is 101 cm³/mol. The molecule has 7 heteroatoms. The van der Waals surface area contributed by atoms with Crippen LogP contribution >= 0.6 is 56.0 Å². The summed E-state index contributed by atoms with van der Waals surface area (Å²) in [6.45, 7) is 4.59.